The van der Waals surface area contributed by atoms with Gasteiger partial charge < -0.3 is 14.9 Å². The van der Waals surface area contributed by atoms with E-state index < -0.39 is 22.0 Å². The third-order valence-electron chi connectivity index (χ3n) is 4.42. The van der Waals surface area contributed by atoms with Gasteiger partial charge in [0, 0.05) is 12.2 Å². The largest absolute Gasteiger partial charge is 0.496 e. The van der Waals surface area contributed by atoms with Crippen molar-refractivity contribution in [2.75, 3.05) is 13.7 Å². The van der Waals surface area contributed by atoms with Gasteiger partial charge in [0.15, 0.2) is 0 Å². The number of hydrogen-bond acceptors (Lipinski definition) is 6. The molecule has 0 aliphatic heterocycles. The second-order valence-corrected chi connectivity index (χ2v) is 8.25. The second-order valence-electron chi connectivity index (χ2n) is 6.48. The van der Waals surface area contributed by atoms with Gasteiger partial charge in [-0.3, -0.25) is 9.48 Å². The fourth-order valence-electron chi connectivity index (χ4n) is 3.07. The molecule has 2 aromatic heterocycles. The smallest absolute Gasteiger partial charge is 0.252 e. The third-order valence-corrected chi connectivity index (χ3v) is 5.85. The quantitative estimate of drug-likeness (QED) is 0.573. The SMILES string of the molecule is COc1ccc(S(=O)(=O)NCC(c2ccco2)n2nc(C)cc2C)cc1C(N)=O. The summed E-state index contributed by atoms with van der Waals surface area (Å²) in [6.07, 6.45) is 1.52. The summed E-state index contributed by atoms with van der Waals surface area (Å²) in [5.41, 5.74) is 6.98. The molecule has 0 fully saturated rings. The standard InChI is InChI=1S/C19H22N4O5S/c1-12-9-13(2)23(22-12)16(18-5-4-8-28-18)11-21-29(25,26)14-6-7-17(27-3)15(10-14)19(20)24/h4-10,16,21H,11H2,1-3H3,(H2,20,24). The predicted octanol–water partition coefficient (Wildman–Crippen LogP) is 1.77. The summed E-state index contributed by atoms with van der Waals surface area (Å²) in [5.74, 6) is -0.0194. The number of rotatable bonds is 8. The molecular formula is C19H22N4O5S. The number of amides is 1. The molecule has 0 spiro atoms. The van der Waals surface area contributed by atoms with Crippen LogP contribution >= 0.6 is 0 Å². The summed E-state index contributed by atoms with van der Waals surface area (Å²) in [4.78, 5) is 11.5. The van der Waals surface area contributed by atoms with Gasteiger partial charge in [-0.2, -0.15) is 5.10 Å². The fraction of sp³-hybridized carbons (Fsp3) is 0.263. The van der Waals surface area contributed by atoms with E-state index in [9.17, 15) is 13.2 Å². The highest BCUT2D eigenvalue weighted by molar-refractivity contribution is 7.89. The zero-order valence-electron chi connectivity index (χ0n) is 16.2. The van der Waals surface area contributed by atoms with Gasteiger partial charge in [-0.25, -0.2) is 13.1 Å². The highest BCUT2D eigenvalue weighted by Gasteiger charge is 2.24. The number of nitrogens with one attached hydrogen (secondary N) is 1. The van der Waals surface area contributed by atoms with Crippen molar-refractivity contribution in [1.29, 1.82) is 0 Å². The average Bonchev–Trinajstić information content (AvgIpc) is 3.31. The molecule has 1 unspecified atom stereocenters. The van der Waals surface area contributed by atoms with Crippen LogP contribution in [0.1, 0.15) is 33.5 Å². The minimum atomic E-state index is -3.94. The van der Waals surface area contributed by atoms with Crippen LogP contribution in [0.15, 0.2) is 52.0 Å². The first-order valence-electron chi connectivity index (χ1n) is 8.76. The van der Waals surface area contributed by atoms with Gasteiger partial charge in [-0.05, 0) is 50.2 Å². The number of furan rings is 1. The van der Waals surface area contributed by atoms with Gasteiger partial charge in [0.05, 0.1) is 29.5 Å². The molecule has 0 saturated heterocycles. The Morgan fingerprint density at radius 2 is 2.07 bits per heavy atom. The summed E-state index contributed by atoms with van der Waals surface area (Å²) >= 11 is 0. The normalized spacial score (nSPS) is 12.7. The van der Waals surface area contributed by atoms with E-state index in [4.69, 9.17) is 14.9 Å². The molecule has 9 nitrogen and oxygen atoms in total. The minimum Gasteiger partial charge on any atom is -0.496 e. The van der Waals surface area contributed by atoms with Crippen molar-refractivity contribution in [2.45, 2.75) is 24.8 Å². The van der Waals surface area contributed by atoms with Crippen LogP contribution in [0, 0.1) is 13.8 Å². The van der Waals surface area contributed by atoms with Gasteiger partial charge in [0.25, 0.3) is 5.91 Å². The molecule has 1 amide bonds. The monoisotopic (exact) mass is 418 g/mol. The summed E-state index contributed by atoms with van der Waals surface area (Å²) in [7, 11) is -2.57. The molecule has 3 rings (SSSR count). The van der Waals surface area contributed by atoms with Crippen LogP contribution in [0.4, 0.5) is 0 Å². The number of carbonyl (C=O) groups excluding carboxylic acids is 1. The van der Waals surface area contributed by atoms with Crippen molar-refractivity contribution in [3.05, 3.63) is 65.4 Å². The lowest BCUT2D eigenvalue weighted by atomic mass is 10.2. The predicted molar refractivity (Wildman–Crippen MR) is 105 cm³/mol. The maximum atomic E-state index is 12.8. The van der Waals surface area contributed by atoms with Crippen LogP contribution < -0.4 is 15.2 Å². The number of ether oxygens (including phenoxy) is 1. The van der Waals surface area contributed by atoms with Gasteiger partial charge >= 0.3 is 0 Å². The first kappa shape index (κ1) is 20.6. The summed E-state index contributed by atoms with van der Waals surface area (Å²) in [6.45, 7) is 3.73. The molecule has 0 radical (unpaired) electrons. The zero-order chi connectivity index (χ0) is 21.2. The third kappa shape index (κ3) is 4.33. The number of primary amides is 1. The molecule has 2 heterocycles. The van der Waals surface area contributed by atoms with Crippen LogP contribution in [-0.4, -0.2) is 37.8 Å². The lowest BCUT2D eigenvalue weighted by Crippen LogP contribution is -2.32. The van der Waals surface area contributed by atoms with E-state index in [2.05, 4.69) is 9.82 Å². The van der Waals surface area contributed by atoms with Crippen molar-refractivity contribution in [3.63, 3.8) is 0 Å². The van der Waals surface area contributed by atoms with E-state index in [0.29, 0.717) is 5.76 Å². The van der Waals surface area contributed by atoms with Gasteiger partial charge in [-0.1, -0.05) is 0 Å². The summed E-state index contributed by atoms with van der Waals surface area (Å²) in [5, 5.41) is 4.44. The van der Waals surface area contributed by atoms with E-state index in [1.807, 2.05) is 19.9 Å². The number of benzene rings is 1. The Labute approximate surface area is 168 Å². The minimum absolute atomic E-state index is 0.00423. The highest BCUT2D eigenvalue weighted by atomic mass is 32.2. The second kappa shape index (κ2) is 8.10. The Balaban J connectivity index is 1.90. The molecule has 3 aromatic rings. The van der Waals surface area contributed by atoms with Crippen LogP contribution in [0.2, 0.25) is 0 Å². The maximum absolute atomic E-state index is 12.8. The number of aromatic nitrogens is 2. The van der Waals surface area contributed by atoms with Crippen molar-refractivity contribution < 1.29 is 22.4 Å². The van der Waals surface area contributed by atoms with Crippen molar-refractivity contribution >= 4 is 15.9 Å². The van der Waals surface area contributed by atoms with Gasteiger partial charge in [0.1, 0.15) is 17.6 Å². The Bertz CT molecular complexity index is 1120. The number of methoxy groups -OCH3 is 1. The number of sulfonamides is 1. The van der Waals surface area contributed by atoms with Crippen LogP contribution in [0.25, 0.3) is 0 Å². The molecule has 3 N–H and O–H groups in total. The van der Waals surface area contributed by atoms with Gasteiger partial charge in [-0.15, -0.1) is 0 Å². The van der Waals surface area contributed by atoms with Crippen LogP contribution in [0.5, 0.6) is 5.75 Å². The summed E-state index contributed by atoms with van der Waals surface area (Å²) in [6, 6.07) is 8.82. The summed E-state index contributed by atoms with van der Waals surface area (Å²) < 4.78 is 40.5. The Morgan fingerprint density at radius 1 is 1.31 bits per heavy atom. The van der Waals surface area contributed by atoms with Gasteiger partial charge in [0.2, 0.25) is 10.0 Å². The van der Waals surface area contributed by atoms with E-state index in [1.165, 1.54) is 31.6 Å². The molecule has 0 aliphatic rings. The van der Waals surface area contributed by atoms with E-state index >= 15 is 0 Å². The Hall–Kier alpha value is -3.11. The Kier molecular flexibility index (Phi) is 5.76. The van der Waals surface area contributed by atoms with Crippen LogP contribution in [-0.2, 0) is 10.0 Å². The molecule has 154 valence electrons. The molecule has 1 atom stereocenters. The number of nitrogens with zero attached hydrogens (tertiary/aromatic N) is 2. The molecule has 0 bridgehead atoms. The van der Waals surface area contributed by atoms with Crippen molar-refractivity contribution in [2.24, 2.45) is 5.73 Å². The molecular weight excluding hydrogens is 396 g/mol. The molecule has 0 aliphatic carbocycles. The number of nitrogens with two attached hydrogens (primary N) is 1. The first-order chi connectivity index (χ1) is 13.7. The molecule has 10 heteroatoms. The fourth-order valence-corrected chi connectivity index (χ4v) is 4.13. The average molecular weight is 418 g/mol. The zero-order valence-corrected chi connectivity index (χ0v) is 17.1. The first-order valence-corrected chi connectivity index (χ1v) is 10.2. The lowest BCUT2D eigenvalue weighted by molar-refractivity contribution is 0.0997. The number of hydrogen-bond donors (Lipinski definition) is 2. The lowest BCUT2D eigenvalue weighted by Gasteiger charge is -2.18. The van der Waals surface area contributed by atoms with E-state index in [1.54, 1.807) is 16.8 Å². The maximum Gasteiger partial charge on any atom is 0.252 e. The van der Waals surface area contributed by atoms with E-state index in [-0.39, 0.29) is 22.8 Å². The van der Waals surface area contributed by atoms with E-state index in [0.717, 1.165) is 11.4 Å². The van der Waals surface area contributed by atoms with Crippen molar-refractivity contribution in [3.8, 4) is 5.75 Å². The number of aryl methyl sites for hydroxylation is 2. The molecule has 1 aromatic carbocycles. The number of carbonyl (C=O) groups is 1. The van der Waals surface area contributed by atoms with Crippen LogP contribution in [0.3, 0.4) is 0 Å². The Morgan fingerprint density at radius 3 is 2.62 bits per heavy atom. The topological polar surface area (TPSA) is 129 Å². The van der Waals surface area contributed by atoms with Crippen molar-refractivity contribution in [1.82, 2.24) is 14.5 Å². The molecule has 29 heavy (non-hydrogen) atoms. The molecule has 0 saturated carbocycles. The highest BCUT2D eigenvalue weighted by Crippen LogP contribution is 2.24.